The van der Waals surface area contributed by atoms with Crippen molar-refractivity contribution in [3.63, 3.8) is 0 Å². The number of benzene rings is 3. The van der Waals surface area contributed by atoms with Crippen LogP contribution in [-0.2, 0) is 6.54 Å². The lowest BCUT2D eigenvalue weighted by atomic mass is 9.99. The number of nitrogens with zero attached hydrogens (tertiary/aromatic N) is 1. The van der Waals surface area contributed by atoms with Crippen molar-refractivity contribution in [2.24, 2.45) is 0 Å². The molecule has 5 rings (SSSR count). The van der Waals surface area contributed by atoms with Gasteiger partial charge in [-0.15, -0.1) is 0 Å². The Balaban J connectivity index is 1.66. The number of hydrogen-bond donors (Lipinski definition) is 0. The lowest BCUT2D eigenvalue weighted by molar-refractivity contribution is 0.289. The largest absolute Gasteiger partial charge is 0.473 e. The first-order chi connectivity index (χ1) is 14.1. The van der Waals surface area contributed by atoms with Crippen molar-refractivity contribution < 1.29 is 9.15 Å². The maximum atomic E-state index is 12.4. The van der Waals surface area contributed by atoms with Gasteiger partial charge in [-0.05, 0) is 48.7 Å². The molecule has 0 bridgehead atoms. The van der Waals surface area contributed by atoms with E-state index in [1.165, 1.54) is 11.1 Å². The van der Waals surface area contributed by atoms with Gasteiger partial charge in [0.05, 0.1) is 12.1 Å². The average molecular weight is 383 g/mol. The SMILES string of the molecule is Cc1ccc(N2COc3ccc4c(-c5ccccc5)cc(=O)oc4c3C2)c(C)c1. The molecule has 1 aliphatic heterocycles. The van der Waals surface area contributed by atoms with Crippen LogP contribution in [-0.4, -0.2) is 6.73 Å². The number of ether oxygens (including phenoxy) is 1. The summed E-state index contributed by atoms with van der Waals surface area (Å²) in [4.78, 5) is 14.6. The molecule has 4 aromatic rings. The predicted molar refractivity (Wildman–Crippen MR) is 116 cm³/mol. The quantitative estimate of drug-likeness (QED) is 0.433. The highest BCUT2D eigenvalue weighted by Crippen LogP contribution is 2.37. The van der Waals surface area contributed by atoms with Gasteiger partial charge in [0.2, 0.25) is 0 Å². The highest BCUT2D eigenvalue weighted by molar-refractivity contribution is 5.96. The van der Waals surface area contributed by atoms with E-state index in [0.29, 0.717) is 18.9 Å². The van der Waals surface area contributed by atoms with Crippen molar-refractivity contribution >= 4 is 16.7 Å². The zero-order valence-electron chi connectivity index (χ0n) is 16.4. The zero-order chi connectivity index (χ0) is 20.0. The summed E-state index contributed by atoms with van der Waals surface area (Å²) in [7, 11) is 0. The Hall–Kier alpha value is -3.53. The maximum Gasteiger partial charge on any atom is 0.336 e. The van der Waals surface area contributed by atoms with E-state index in [1.807, 2.05) is 42.5 Å². The lowest BCUT2D eigenvalue weighted by Gasteiger charge is -2.32. The smallest absolute Gasteiger partial charge is 0.336 e. The second-order valence-corrected chi connectivity index (χ2v) is 7.53. The van der Waals surface area contributed by atoms with E-state index in [4.69, 9.17) is 9.15 Å². The molecule has 2 heterocycles. The van der Waals surface area contributed by atoms with Crippen molar-refractivity contribution in [2.75, 3.05) is 11.6 Å². The van der Waals surface area contributed by atoms with Crippen molar-refractivity contribution in [3.8, 4) is 16.9 Å². The van der Waals surface area contributed by atoms with Crippen LogP contribution in [0.1, 0.15) is 16.7 Å². The third-order valence-electron chi connectivity index (χ3n) is 5.48. The van der Waals surface area contributed by atoms with Gasteiger partial charge in [-0.2, -0.15) is 0 Å². The fourth-order valence-electron chi connectivity index (χ4n) is 4.10. The minimum atomic E-state index is -0.353. The number of rotatable bonds is 2. The molecule has 1 aliphatic rings. The summed E-state index contributed by atoms with van der Waals surface area (Å²) in [5.74, 6) is 0.770. The fraction of sp³-hybridized carbons (Fsp3) is 0.160. The van der Waals surface area contributed by atoms with Gasteiger partial charge in [0, 0.05) is 17.1 Å². The standard InChI is InChI=1S/C25H21NO3/c1-16-8-10-22(17(2)12-16)26-14-21-23(28-15-26)11-9-19-20(13-24(27)29-25(19)21)18-6-4-3-5-7-18/h3-13H,14-15H2,1-2H3. The van der Waals surface area contributed by atoms with E-state index in [2.05, 4.69) is 36.9 Å². The highest BCUT2D eigenvalue weighted by atomic mass is 16.5. The monoisotopic (exact) mass is 383 g/mol. The molecule has 0 atom stereocenters. The third-order valence-corrected chi connectivity index (χ3v) is 5.48. The minimum Gasteiger partial charge on any atom is -0.473 e. The molecule has 144 valence electrons. The summed E-state index contributed by atoms with van der Waals surface area (Å²) in [5.41, 5.74) is 6.58. The molecule has 1 aromatic heterocycles. The fourth-order valence-corrected chi connectivity index (χ4v) is 4.10. The van der Waals surface area contributed by atoms with Gasteiger partial charge in [0.1, 0.15) is 11.3 Å². The summed E-state index contributed by atoms with van der Waals surface area (Å²) in [5, 5.41) is 0.917. The first-order valence-electron chi connectivity index (χ1n) is 9.70. The molecule has 0 fully saturated rings. The van der Waals surface area contributed by atoms with Crippen LogP contribution in [0.15, 0.2) is 75.9 Å². The Labute approximate surface area is 169 Å². The molecule has 29 heavy (non-hydrogen) atoms. The molecule has 4 nitrogen and oxygen atoms in total. The van der Waals surface area contributed by atoms with Crippen molar-refractivity contribution in [1.82, 2.24) is 0 Å². The van der Waals surface area contributed by atoms with Crippen LogP contribution in [0, 0.1) is 13.8 Å². The second kappa shape index (κ2) is 6.82. The molecule has 0 saturated carbocycles. The number of anilines is 1. The summed E-state index contributed by atoms with van der Waals surface area (Å²) in [6, 6.07) is 21.8. The molecule has 3 aromatic carbocycles. The normalized spacial score (nSPS) is 13.2. The van der Waals surface area contributed by atoms with E-state index < -0.39 is 0 Å². The topological polar surface area (TPSA) is 42.7 Å². The van der Waals surface area contributed by atoms with E-state index >= 15 is 0 Å². The first kappa shape index (κ1) is 17.6. The zero-order valence-corrected chi connectivity index (χ0v) is 16.4. The van der Waals surface area contributed by atoms with Crippen molar-refractivity contribution in [2.45, 2.75) is 20.4 Å². The van der Waals surface area contributed by atoms with Crippen LogP contribution in [0.2, 0.25) is 0 Å². The molecule has 0 radical (unpaired) electrons. The number of hydrogen-bond acceptors (Lipinski definition) is 4. The van der Waals surface area contributed by atoms with Gasteiger partial charge in [0.25, 0.3) is 0 Å². The Morgan fingerprint density at radius 2 is 1.76 bits per heavy atom. The molecule has 0 amide bonds. The van der Waals surface area contributed by atoms with Crippen LogP contribution in [0.3, 0.4) is 0 Å². The van der Waals surface area contributed by atoms with E-state index in [-0.39, 0.29) is 5.63 Å². The maximum absolute atomic E-state index is 12.4. The van der Waals surface area contributed by atoms with Crippen molar-refractivity contribution in [1.29, 1.82) is 0 Å². The van der Waals surface area contributed by atoms with E-state index in [1.54, 1.807) is 6.07 Å². The van der Waals surface area contributed by atoms with Crippen LogP contribution < -0.4 is 15.3 Å². The Kier molecular flexibility index (Phi) is 4.13. The molecule has 0 N–H and O–H groups in total. The average Bonchev–Trinajstić information content (AvgIpc) is 2.73. The summed E-state index contributed by atoms with van der Waals surface area (Å²) >= 11 is 0. The molecule has 0 saturated heterocycles. The van der Waals surface area contributed by atoms with E-state index in [9.17, 15) is 4.79 Å². The van der Waals surface area contributed by atoms with Gasteiger partial charge in [-0.25, -0.2) is 4.79 Å². The number of fused-ring (bicyclic) bond motifs is 3. The van der Waals surface area contributed by atoms with Gasteiger partial charge in [-0.3, -0.25) is 0 Å². The molecular formula is C25H21NO3. The summed E-state index contributed by atoms with van der Waals surface area (Å²) < 4.78 is 11.7. The minimum absolute atomic E-state index is 0.353. The van der Waals surface area contributed by atoms with Crippen LogP contribution >= 0.6 is 0 Å². The Morgan fingerprint density at radius 3 is 2.55 bits per heavy atom. The second-order valence-electron chi connectivity index (χ2n) is 7.53. The van der Waals surface area contributed by atoms with Crippen LogP contribution in [0.25, 0.3) is 22.1 Å². The molecule has 0 spiro atoms. The number of aryl methyl sites for hydroxylation is 2. The van der Waals surface area contributed by atoms with Gasteiger partial charge >= 0.3 is 5.63 Å². The van der Waals surface area contributed by atoms with Gasteiger partial charge in [0.15, 0.2) is 6.73 Å². The molecule has 0 aliphatic carbocycles. The Morgan fingerprint density at radius 1 is 0.931 bits per heavy atom. The van der Waals surface area contributed by atoms with Gasteiger partial charge in [-0.1, -0.05) is 48.0 Å². The first-order valence-corrected chi connectivity index (χ1v) is 9.70. The van der Waals surface area contributed by atoms with Crippen LogP contribution in [0.5, 0.6) is 5.75 Å². The lowest BCUT2D eigenvalue weighted by Crippen LogP contribution is -2.32. The summed E-state index contributed by atoms with van der Waals surface area (Å²) in [6.45, 7) is 5.28. The highest BCUT2D eigenvalue weighted by Gasteiger charge is 2.23. The third kappa shape index (κ3) is 3.07. The Bertz CT molecular complexity index is 1270. The molecule has 0 unspecified atom stereocenters. The summed E-state index contributed by atoms with van der Waals surface area (Å²) in [6.07, 6.45) is 0. The van der Waals surface area contributed by atoms with Gasteiger partial charge < -0.3 is 14.1 Å². The van der Waals surface area contributed by atoms with E-state index in [0.717, 1.165) is 33.5 Å². The van der Waals surface area contributed by atoms with Crippen LogP contribution in [0.4, 0.5) is 5.69 Å². The predicted octanol–water partition coefficient (Wildman–Crippen LogP) is 5.43. The molecule has 4 heteroatoms. The molecular weight excluding hydrogens is 362 g/mol. The van der Waals surface area contributed by atoms with Crippen molar-refractivity contribution in [3.05, 3.63) is 93.8 Å².